The number of piperidine rings is 1. The van der Waals surface area contributed by atoms with Crippen molar-refractivity contribution in [3.05, 3.63) is 27.3 Å². The quantitative estimate of drug-likeness (QED) is 0.328. The molecule has 12 nitrogen and oxygen atoms in total. The van der Waals surface area contributed by atoms with Gasteiger partial charge in [0.05, 0.1) is 28.7 Å². The zero-order valence-corrected chi connectivity index (χ0v) is 27.4. The topological polar surface area (TPSA) is 155 Å². The first-order valence-corrected chi connectivity index (χ1v) is 17.4. The molecule has 5 aliphatic rings. The maximum atomic E-state index is 11.2. The highest BCUT2D eigenvalue weighted by molar-refractivity contribution is 7.16. The van der Waals surface area contributed by atoms with Crippen LogP contribution in [0.5, 0.6) is 5.88 Å². The SMILES string of the molecule is CC(C1CCN1C)n1nc2c3c(nc(-c4noc5c4CCCC54CCCc5sc(N)c(C#N)c54)nc31)N1CC(C)(O)CCC1CO2. The molecule has 4 aromatic rings. The lowest BCUT2D eigenvalue weighted by Gasteiger charge is -2.42. The standard InChI is InChI=1S/C33H39N9O3S/c1-17(21-9-13-40(21)3)42-30-23-29(41-16-32(2,43)12-8-18(41)15-44-31(23)38-42)36-28(37-30)25-19-6-4-10-33(26(19)45-39-25)11-5-7-22-24(33)20(14-34)27(35)46-22/h17-18,21,43H,4-13,15-16,35H2,1-3H3. The average molecular weight is 642 g/mol. The van der Waals surface area contributed by atoms with Gasteiger partial charge in [-0.1, -0.05) is 5.16 Å². The molecule has 13 heteroatoms. The molecule has 4 aromatic heterocycles. The molecule has 7 heterocycles. The molecule has 240 valence electrons. The van der Waals surface area contributed by atoms with E-state index in [0.717, 1.165) is 86.0 Å². The normalized spacial score (nSPS) is 29.3. The van der Waals surface area contributed by atoms with E-state index in [-0.39, 0.29) is 12.1 Å². The molecule has 3 aliphatic heterocycles. The van der Waals surface area contributed by atoms with Crippen molar-refractivity contribution < 1.29 is 14.4 Å². The van der Waals surface area contributed by atoms with Crippen LogP contribution in [0.25, 0.3) is 22.6 Å². The number of aromatic nitrogens is 5. The number of fused-ring (bicyclic) bond motifs is 6. The monoisotopic (exact) mass is 641 g/mol. The number of anilines is 2. The van der Waals surface area contributed by atoms with Gasteiger partial charge in [-0.2, -0.15) is 5.26 Å². The van der Waals surface area contributed by atoms with Crippen LogP contribution in [-0.2, 0) is 18.3 Å². The molecule has 0 saturated carbocycles. The summed E-state index contributed by atoms with van der Waals surface area (Å²) >= 11 is 1.55. The summed E-state index contributed by atoms with van der Waals surface area (Å²) in [7, 11) is 2.15. The van der Waals surface area contributed by atoms with Crippen molar-refractivity contribution >= 4 is 33.2 Å². The molecule has 2 aliphatic carbocycles. The Hall–Kier alpha value is -3.73. The first-order valence-electron chi connectivity index (χ1n) is 16.6. The van der Waals surface area contributed by atoms with Crippen LogP contribution in [0.4, 0.5) is 10.8 Å². The van der Waals surface area contributed by atoms with Crippen LogP contribution in [0.2, 0.25) is 0 Å². The number of hydrogen-bond acceptors (Lipinski definition) is 12. The van der Waals surface area contributed by atoms with Gasteiger partial charge in [-0.05, 0) is 90.8 Å². The van der Waals surface area contributed by atoms with Gasteiger partial charge in [0.15, 0.2) is 22.9 Å². The Labute approximate surface area is 271 Å². The summed E-state index contributed by atoms with van der Waals surface area (Å²) in [6, 6.07) is 2.89. The number of nitrogen functional groups attached to an aromatic ring is 1. The number of nitriles is 1. The van der Waals surface area contributed by atoms with Crippen molar-refractivity contribution in [2.45, 2.75) is 101 Å². The third kappa shape index (κ3) is 3.89. The number of aliphatic hydroxyl groups is 1. The first kappa shape index (κ1) is 28.5. The summed E-state index contributed by atoms with van der Waals surface area (Å²) in [5, 5.41) is 32.5. The lowest BCUT2D eigenvalue weighted by molar-refractivity contribution is 0.0320. The summed E-state index contributed by atoms with van der Waals surface area (Å²) in [6.07, 6.45) is 8.02. The number of thiophene rings is 1. The summed E-state index contributed by atoms with van der Waals surface area (Å²) in [5.41, 5.74) is 9.13. The second-order valence-electron chi connectivity index (χ2n) is 14.4. The van der Waals surface area contributed by atoms with Crippen LogP contribution < -0.4 is 15.4 Å². The van der Waals surface area contributed by atoms with E-state index < -0.39 is 11.0 Å². The zero-order valence-electron chi connectivity index (χ0n) is 26.5. The number of hydrogen-bond donors (Lipinski definition) is 2. The van der Waals surface area contributed by atoms with Gasteiger partial charge in [-0.25, -0.2) is 14.6 Å². The predicted octanol–water partition coefficient (Wildman–Crippen LogP) is 4.33. The zero-order chi connectivity index (χ0) is 31.5. The van der Waals surface area contributed by atoms with Crippen molar-refractivity contribution in [1.82, 2.24) is 29.8 Å². The number of ether oxygens (including phenoxy) is 1. The Morgan fingerprint density at radius 3 is 2.76 bits per heavy atom. The van der Waals surface area contributed by atoms with Gasteiger partial charge in [0, 0.05) is 23.0 Å². The fourth-order valence-electron chi connectivity index (χ4n) is 9.02. The van der Waals surface area contributed by atoms with Gasteiger partial charge < -0.3 is 29.9 Å². The summed E-state index contributed by atoms with van der Waals surface area (Å²) in [6.45, 7) is 6.06. The van der Waals surface area contributed by atoms with E-state index in [2.05, 4.69) is 29.8 Å². The van der Waals surface area contributed by atoms with E-state index in [1.54, 1.807) is 11.3 Å². The molecular formula is C33H39N9O3S. The van der Waals surface area contributed by atoms with Gasteiger partial charge in [0.1, 0.15) is 28.9 Å². The minimum absolute atomic E-state index is 0.0626. The minimum Gasteiger partial charge on any atom is -0.474 e. The van der Waals surface area contributed by atoms with Crippen LogP contribution in [0, 0.1) is 11.3 Å². The Balaban J connectivity index is 1.24. The highest BCUT2D eigenvalue weighted by Crippen LogP contribution is 2.55. The van der Waals surface area contributed by atoms with Crippen molar-refractivity contribution in [3.8, 4) is 23.5 Å². The third-order valence-corrected chi connectivity index (χ3v) is 12.6. The Bertz CT molecular complexity index is 1930. The molecule has 9 rings (SSSR count). The molecule has 1 spiro atoms. The first-order chi connectivity index (χ1) is 22.2. The van der Waals surface area contributed by atoms with E-state index in [0.29, 0.717) is 59.2 Å². The molecule has 0 amide bonds. The van der Waals surface area contributed by atoms with Crippen molar-refractivity contribution in [2.24, 2.45) is 0 Å². The highest BCUT2D eigenvalue weighted by Gasteiger charge is 2.49. The molecule has 3 N–H and O–H groups in total. The number of nitrogens with zero attached hydrogens (tertiary/aromatic N) is 8. The van der Waals surface area contributed by atoms with Crippen LogP contribution in [0.3, 0.4) is 0 Å². The molecule has 5 unspecified atom stereocenters. The lowest BCUT2D eigenvalue weighted by atomic mass is 9.63. The minimum atomic E-state index is -0.852. The molecule has 5 atom stereocenters. The number of aryl methyl sites for hydroxylation is 1. The lowest BCUT2D eigenvalue weighted by Crippen LogP contribution is -2.53. The Kier molecular flexibility index (Phi) is 6.12. The van der Waals surface area contributed by atoms with E-state index in [1.165, 1.54) is 4.88 Å². The fourth-order valence-corrected chi connectivity index (χ4v) is 10.2. The van der Waals surface area contributed by atoms with Crippen LogP contribution in [0.1, 0.15) is 92.2 Å². The molecule has 2 saturated heterocycles. The van der Waals surface area contributed by atoms with Crippen LogP contribution in [-0.4, -0.2) is 79.3 Å². The maximum Gasteiger partial charge on any atom is 0.246 e. The summed E-state index contributed by atoms with van der Waals surface area (Å²) in [5.74, 6) is 2.62. The van der Waals surface area contributed by atoms with Crippen LogP contribution in [0.15, 0.2) is 4.52 Å². The largest absolute Gasteiger partial charge is 0.474 e. The number of likely N-dealkylation sites (tertiary alicyclic amines) is 1. The molecule has 0 bridgehead atoms. The van der Waals surface area contributed by atoms with Gasteiger partial charge in [0.2, 0.25) is 5.88 Å². The van der Waals surface area contributed by atoms with Gasteiger partial charge in [0.25, 0.3) is 0 Å². The fraction of sp³-hybridized carbons (Fsp3) is 0.606. The highest BCUT2D eigenvalue weighted by atomic mass is 32.1. The van der Waals surface area contributed by atoms with Crippen molar-refractivity contribution in [1.29, 1.82) is 5.26 Å². The maximum absolute atomic E-state index is 11.2. The Morgan fingerprint density at radius 2 is 2.00 bits per heavy atom. The number of likely N-dealkylation sites (N-methyl/N-ethyl adjacent to an activating group) is 1. The van der Waals surface area contributed by atoms with E-state index >= 15 is 0 Å². The van der Waals surface area contributed by atoms with Gasteiger partial charge in [-0.15, -0.1) is 16.4 Å². The van der Waals surface area contributed by atoms with Gasteiger partial charge >= 0.3 is 0 Å². The predicted molar refractivity (Wildman–Crippen MR) is 173 cm³/mol. The molecule has 46 heavy (non-hydrogen) atoms. The second kappa shape index (κ2) is 9.89. The molecule has 0 aromatic carbocycles. The van der Waals surface area contributed by atoms with Gasteiger partial charge in [-0.3, -0.25) is 0 Å². The van der Waals surface area contributed by atoms with E-state index in [1.807, 2.05) is 11.6 Å². The molecule has 2 fully saturated rings. The summed E-state index contributed by atoms with van der Waals surface area (Å²) in [4.78, 5) is 16.2. The molecule has 0 radical (unpaired) electrons. The smallest absolute Gasteiger partial charge is 0.246 e. The van der Waals surface area contributed by atoms with Crippen molar-refractivity contribution in [2.75, 3.05) is 37.4 Å². The van der Waals surface area contributed by atoms with E-state index in [9.17, 15) is 10.4 Å². The van der Waals surface area contributed by atoms with Crippen molar-refractivity contribution in [3.63, 3.8) is 0 Å². The second-order valence-corrected chi connectivity index (χ2v) is 15.5. The third-order valence-electron chi connectivity index (χ3n) is 11.5. The summed E-state index contributed by atoms with van der Waals surface area (Å²) < 4.78 is 14.7. The number of rotatable bonds is 3. The average Bonchev–Trinajstić information content (AvgIpc) is 3.70. The molecular weight excluding hydrogens is 602 g/mol. The number of nitrogens with two attached hydrogens (primary N) is 1. The Morgan fingerprint density at radius 1 is 1.17 bits per heavy atom. The van der Waals surface area contributed by atoms with Crippen LogP contribution >= 0.6 is 11.3 Å². The van der Waals surface area contributed by atoms with E-state index in [4.69, 9.17) is 35.2 Å².